The second-order valence-electron chi connectivity index (χ2n) is 3.54. The number of nitrogens with zero attached hydrogens (tertiary/aromatic N) is 1. The molecule has 0 spiro atoms. The maximum atomic E-state index is 12.3. The molecule has 0 aliphatic carbocycles. The normalized spacial score (nSPS) is 11.3. The first-order chi connectivity index (χ1) is 9.04. The van der Waals surface area contributed by atoms with Crippen LogP contribution in [-0.4, -0.2) is 24.0 Å². The Balaban J connectivity index is 2.83. The molecular formula is C12H15F2N3OS. The fourth-order valence-corrected chi connectivity index (χ4v) is 1.55. The van der Waals surface area contributed by atoms with Crippen LogP contribution in [0.2, 0.25) is 0 Å². The lowest BCUT2D eigenvalue weighted by Crippen LogP contribution is -2.32. The zero-order chi connectivity index (χ0) is 14.3. The highest BCUT2D eigenvalue weighted by Gasteiger charge is 2.11. The van der Waals surface area contributed by atoms with Gasteiger partial charge in [0.15, 0.2) is 5.11 Å². The van der Waals surface area contributed by atoms with E-state index in [1.54, 1.807) is 25.1 Å². The molecule has 0 atom stereocenters. The molecule has 0 aromatic heterocycles. The molecule has 1 aromatic rings. The van der Waals surface area contributed by atoms with E-state index in [0.717, 1.165) is 0 Å². The molecule has 1 aromatic carbocycles. The van der Waals surface area contributed by atoms with E-state index in [9.17, 15) is 8.78 Å². The van der Waals surface area contributed by atoms with Crippen LogP contribution in [0.3, 0.4) is 0 Å². The topological polar surface area (TPSA) is 45.7 Å². The van der Waals surface area contributed by atoms with Gasteiger partial charge in [0.25, 0.3) is 0 Å². The molecule has 0 radical (unpaired) electrons. The number of alkyl halides is 2. The number of hydrogen-bond acceptors (Lipinski definition) is 3. The summed E-state index contributed by atoms with van der Waals surface area (Å²) in [5.74, 6) is 0.0786. The lowest BCUT2D eigenvalue weighted by atomic mass is 10.1. The Labute approximate surface area is 115 Å². The van der Waals surface area contributed by atoms with Crippen LogP contribution in [0, 0.1) is 0 Å². The van der Waals surface area contributed by atoms with Crippen molar-refractivity contribution in [3.63, 3.8) is 0 Å². The fraction of sp³-hybridized carbons (Fsp3) is 0.333. The van der Waals surface area contributed by atoms with E-state index in [0.29, 0.717) is 22.9 Å². The van der Waals surface area contributed by atoms with E-state index in [1.807, 2.05) is 6.92 Å². The van der Waals surface area contributed by atoms with Crippen LogP contribution in [0.1, 0.15) is 19.4 Å². The summed E-state index contributed by atoms with van der Waals surface area (Å²) >= 11 is 4.94. The Morgan fingerprint density at radius 1 is 1.42 bits per heavy atom. The van der Waals surface area contributed by atoms with Crippen LogP contribution < -0.4 is 15.5 Å². The molecule has 104 valence electrons. The third-order valence-electron chi connectivity index (χ3n) is 2.16. The number of ether oxygens (including phenoxy) is 1. The van der Waals surface area contributed by atoms with Crippen molar-refractivity contribution in [1.29, 1.82) is 0 Å². The summed E-state index contributed by atoms with van der Waals surface area (Å²) in [6, 6.07) is 6.44. The van der Waals surface area contributed by atoms with Crippen molar-refractivity contribution in [3.8, 4) is 5.75 Å². The number of halogens is 2. The lowest BCUT2D eigenvalue weighted by Gasteiger charge is -2.10. The summed E-state index contributed by atoms with van der Waals surface area (Å²) in [5.41, 5.74) is 3.61. The van der Waals surface area contributed by atoms with Crippen LogP contribution >= 0.6 is 12.2 Å². The highest BCUT2D eigenvalue weighted by atomic mass is 32.1. The van der Waals surface area contributed by atoms with Crippen LogP contribution in [0.25, 0.3) is 0 Å². The lowest BCUT2D eigenvalue weighted by molar-refractivity contribution is -0.0499. The molecule has 0 amide bonds. The molecule has 19 heavy (non-hydrogen) atoms. The van der Waals surface area contributed by atoms with Gasteiger partial charge in [-0.25, -0.2) is 0 Å². The number of rotatable bonds is 5. The summed E-state index contributed by atoms with van der Waals surface area (Å²) in [5, 5.41) is 7.25. The number of hydrogen-bond donors (Lipinski definition) is 2. The van der Waals surface area contributed by atoms with Gasteiger partial charge >= 0.3 is 6.61 Å². The van der Waals surface area contributed by atoms with Gasteiger partial charge in [0.05, 0.1) is 5.71 Å². The Morgan fingerprint density at radius 2 is 2.11 bits per heavy atom. The highest BCUT2D eigenvalue weighted by molar-refractivity contribution is 7.80. The van der Waals surface area contributed by atoms with Crippen molar-refractivity contribution in [2.45, 2.75) is 20.5 Å². The SMILES string of the molecule is CCNC(=S)N/N=C(/C)c1ccccc1OC(F)F. The van der Waals surface area contributed by atoms with Crippen molar-refractivity contribution in [2.24, 2.45) is 5.10 Å². The minimum absolute atomic E-state index is 0.0786. The Bertz CT molecular complexity index is 466. The minimum Gasteiger partial charge on any atom is -0.434 e. The summed E-state index contributed by atoms with van der Waals surface area (Å²) in [6.45, 7) is 1.38. The van der Waals surface area contributed by atoms with Gasteiger partial charge in [0.1, 0.15) is 5.75 Å². The van der Waals surface area contributed by atoms with E-state index >= 15 is 0 Å². The molecule has 7 heteroatoms. The first kappa shape index (κ1) is 15.3. The predicted molar refractivity (Wildman–Crippen MR) is 74.7 cm³/mol. The van der Waals surface area contributed by atoms with Crippen LogP contribution in [0.15, 0.2) is 29.4 Å². The molecule has 0 unspecified atom stereocenters. The molecule has 0 fully saturated rings. The predicted octanol–water partition coefficient (Wildman–Crippen LogP) is 2.50. The Hall–Kier alpha value is -1.76. The first-order valence-electron chi connectivity index (χ1n) is 5.67. The molecule has 2 N–H and O–H groups in total. The van der Waals surface area contributed by atoms with Crippen molar-refractivity contribution < 1.29 is 13.5 Å². The molecule has 0 saturated carbocycles. The third-order valence-corrected chi connectivity index (χ3v) is 2.39. The Kier molecular flexibility index (Phi) is 6.14. The van der Waals surface area contributed by atoms with Crippen molar-refractivity contribution in [2.75, 3.05) is 6.54 Å². The van der Waals surface area contributed by atoms with Gasteiger partial charge in [-0.3, -0.25) is 5.43 Å². The molecule has 0 bridgehead atoms. The molecule has 0 aliphatic rings. The van der Waals surface area contributed by atoms with Crippen molar-refractivity contribution in [3.05, 3.63) is 29.8 Å². The summed E-state index contributed by atoms with van der Waals surface area (Å²) in [6.07, 6.45) is 0. The fourth-order valence-electron chi connectivity index (χ4n) is 1.36. The monoisotopic (exact) mass is 287 g/mol. The quantitative estimate of drug-likeness (QED) is 0.496. The van der Waals surface area contributed by atoms with Crippen LogP contribution in [0.4, 0.5) is 8.78 Å². The van der Waals surface area contributed by atoms with E-state index < -0.39 is 6.61 Å². The third kappa shape index (κ3) is 5.17. The average molecular weight is 287 g/mol. The number of benzene rings is 1. The smallest absolute Gasteiger partial charge is 0.387 e. The van der Waals surface area contributed by atoms with Crippen molar-refractivity contribution >= 4 is 23.0 Å². The molecular weight excluding hydrogens is 272 g/mol. The van der Waals surface area contributed by atoms with Crippen molar-refractivity contribution in [1.82, 2.24) is 10.7 Å². The second-order valence-corrected chi connectivity index (χ2v) is 3.95. The van der Waals surface area contributed by atoms with Crippen LogP contribution in [0.5, 0.6) is 5.75 Å². The Morgan fingerprint density at radius 3 is 2.74 bits per heavy atom. The molecule has 0 aliphatic heterocycles. The number of hydrazone groups is 1. The average Bonchev–Trinajstić information content (AvgIpc) is 2.36. The van der Waals surface area contributed by atoms with Gasteiger partial charge in [0.2, 0.25) is 0 Å². The van der Waals surface area contributed by atoms with Gasteiger partial charge < -0.3 is 10.1 Å². The molecule has 4 nitrogen and oxygen atoms in total. The minimum atomic E-state index is -2.87. The summed E-state index contributed by atoms with van der Waals surface area (Å²) in [4.78, 5) is 0. The number of nitrogens with one attached hydrogen (secondary N) is 2. The van der Waals surface area contributed by atoms with Gasteiger partial charge in [-0.1, -0.05) is 12.1 Å². The zero-order valence-corrected chi connectivity index (χ0v) is 11.4. The second kappa shape index (κ2) is 7.63. The van der Waals surface area contributed by atoms with E-state index in [4.69, 9.17) is 12.2 Å². The van der Waals surface area contributed by atoms with Crippen LogP contribution in [-0.2, 0) is 0 Å². The van der Waals surface area contributed by atoms with Gasteiger partial charge in [-0.15, -0.1) is 0 Å². The standard InChI is InChI=1S/C12H15F2N3OS/c1-3-15-12(19)17-16-8(2)9-6-4-5-7-10(9)18-11(13)14/h4-7,11H,3H2,1-2H3,(H2,15,17,19)/b16-8-. The molecule has 0 heterocycles. The summed E-state index contributed by atoms with van der Waals surface area (Å²) < 4.78 is 29.0. The maximum absolute atomic E-state index is 12.3. The van der Waals surface area contributed by atoms with E-state index in [1.165, 1.54) is 6.07 Å². The highest BCUT2D eigenvalue weighted by Crippen LogP contribution is 2.20. The first-order valence-corrected chi connectivity index (χ1v) is 6.07. The van der Waals surface area contributed by atoms with E-state index in [-0.39, 0.29) is 5.75 Å². The molecule has 1 rings (SSSR count). The molecule has 0 saturated heterocycles. The number of thiocarbonyl (C=S) groups is 1. The van der Waals surface area contributed by atoms with Gasteiger partial charge in [-0.2, -0.15) is 13.9 Å². The zero-order valence-electron chi connectivity index (χ0n) is 10.6. The van der Waals surface area contributed by atoms with E-state index in [2.05, 4.69) is 20.6 Å². The number of para-hydroxylation sites is 1. The van der Waals surface area contributed by atoms with Gasteiger partial charge in [-0.05, 0) is 38.2 Å². The maximum Gasteiger partial charge on any atom is 0.387 e. The van der Waals surface area contributed by atoms with Gasteiger partial charge in [0, 0.05) is 12.1 Å². The summed E-state index contributed by atoms with van der Waals surface area (Å²) in [7, 11) is 0. The largest absolute Gasteiger partial charge is 0.434 e.